The number of ether oxygens (including phenoxy) is 1. The van der Waals surface area contributed by atoms with Gasteiger partial charge in [0.2, 0.25) is 0 Å². The van der Waals surface area contributed by atoms with E-state index in [-0.39, 0.29) is 34.4 Å². The fourth-order valence-corrected chi connectivity index (χ4v) is 2.17. The van der Waals surface area contributed by atoms with Crippen molar-refractivity contribution in [2.45, 2.75) is 12.7 Å². The molecule has 0 fully saturated rings. The van der Waals surface area contributed by atoms with Crippen molar-refractivity contribution in [1.82, 2.24) is 9.97 Å². The lowest BCUT2D eigenvalue weighted by molar-refractivity contribution is -0.193. The molecular weight excluding hydrogens is 332 g/mol. The van der Waals surface area contributed by atoms with Gasteiger partial charge in [-0.05, 0) is 18.2 Å². The maximum atomic E-state index is 13.8. The molecule has 0 saturated heterocycles. The zero-order valence-electron chi connectivity index (χ0n) is 11.4. The average Bonchev–Trinajstić information content (AvgIpc) is 2.52. The minimum Gasteiger partial charge on any atom is -0.423 e. The Morgan fingerprint density at radius 1 is 1.30 bits per heavy atom. The zero-order chi connectivity index (χ0) is 16.6. The summed E-state index contributed by atoms with van der Waals surface area (Å²) in [4.78, 5) is 31.3. The van der Waals surface area contributed by atoms with Crippen LogP contribution in [0.3, 0.4) is 0 Å². The van der Waals surface area contributed by atoms with E-state index in [2.05, 4.69) is 14.7 Å². The van der Waals surface area contributed by atoms with Crippen LogP contribution in [-0.2, 0) is 11.3 Å². The molecule has 6 nitrogen and oxygen atoms in total. The summed E-state index contributed by atoms with van der Waals surface area (Å²) >= 11 is 5.66. The molecule has 2 heterocycles. The predicted molar refractivity (Wildman–Crippen MR) is 75.6 cm³/mol. The van der Waals surface area contributed by atoms with Gasteiger partial charge < -0.3 is 4.74 Å². The Morgan fingerprint density at radius 3 is 2.65 bits per heavy atom. The van der Waals surface area contributed by atoms with E-state index in [1.54, 1.807) is 0 Å². The number of alkyl halides is 2. The van der Waals surface area contributed by atoms with Gasteiger partial charge >= 0.3 is 12.0 Å². The Labute approximate surface area is 133 Å². The van der Waals surface area contributed by atoms with Crippen LogP contribution in [-0.4, -0.2) is 28.3 Å². The highest BCUT2D eigenvalue weighted by molar-refractivity contribution is 6.30. The molecule has 0 aliphatic carbocycles. The third-order valence-electron chi connectivity index (χ3n) is 3.12. The predicted octanol–water partition coefficient (Wildman–Crippen LogP) is 2.46. The quantitative estimate of drug-likeness (QED) is 0.803. The second-order valence-electron chi connectivity index (χ2n) is 4.67. The highest BCUT2D eigenvalue weighted by Gasteiger charge is 2.50. The Morgan fingerprint density at radius 2 is 2.00 bits per heavy atom. The monoisotopic (exact) mass is 339 g/mol. The molecular formula is C14H8ClF2N3O3. The summed E-state index contributed by atoms with van der Waals surface area (Å²) in [5.41, 5.74) is 0.252. The number of rotatable bonds is 3. The smallest absolute Gasteiger partial charge is 0.423 e. The summed E-state index contributed by atoms with van der Waals surface area (Å²) in [6.45, 7) is -0.289. The number of benzene rings is 1. The van der Waals surface area contributed by atoms with Gasteiger partial charge in [0.1, 0.15) is 12.1 Å². The molecule has 1 aliphatic heterocycles. The minimum atomic E-state index is -4.04. The second kappa shape index (κ2) is 5.54. The van der Waals surface area contributed by atoms with Crippen molar-refractivity contribution in [1.29, 1.82) is 0 Å². The van der Waals surface area contributed by atoms with Crippen molar-refractivity contribution in [3.8, 4) is 5.75 Å². The lowest BCUT2D eigenvalue weighted by atomic mass is 10.1. The van der Waals surface area contributed by atoms with E-state index in [4.69, 9.17) is 11.6 Å². The maximum absolute atomic E-state index is 13.8. The Hall–Kier alpha value is -2.61. The van der Waals surface area contributed by atoms with E-state index < -0.39 is 12.0 Å². The molecule has 0 unspecified atom stereocenters. The minimum absolute atomic E-state index is 0.102. The van der Waals surface area contributed by atoms with E-state index in [1.807, 2.05) is 0 Å². The number of halogens is 3. The number of aldehydes is 1. The van der Waals surface area contributed by atoms with E-state index in [0.29, 0.717) is 6.29 Å². The third-order valence-corrected chi connectivity index (χ3v) is 3.31. The van der Waals surface area contributed by atoms with E-state index >= 15 is 0 Å². The van der Waals surface area contributed by atoms with Crippen molar-refractivity contribution in [3.63, 3.8) is 0 Å². The highest BCUT2D eigenvalue weighted by Crippen LogP contribution is 2.40. The number of hydrogen-bond acceptors (Lipinski definition) is 5. The number of aromatic nitrogens is 2. The van der Waals surface area contributed by atoms with Crippen molar-refractivity contribution < 1.29 is 23.1 Å². The second-order valence-corrected chi connectivity index (χ2v) is 5.11. The van der Waals surface area contributed by atoms with E-state index in [9.17, 15) is 18.4 Å². The summed E-state index contributed by atoms with van der Waals surface area (Å²) in [7, 11) is 0. The first-order chi connectivity index (χ1) is 10.9. The molecule has 0 atom stereocenters. The van der Waals surface area contributed by atoms with Gasteiger partial charge in [0.15, 0.2) is 5.75 Å². The van der Waals surface area contributed by atoms with E-state index in [1.165, 1.54) is 24.5 Å². The van der Waals surface area contributed by atoms with Crippen LogP contribution in [0.1, 0.15) is 16.2 Å². The third kappa shape index (κ3) is 2.85. The highest BCUT2D eigenvalue weighted by atomic mass is 35.5. The van der Waals surface area contributed by atoms with Crippen LogP contribution in [0.2, 0.25) is 5.02 Å². The number of carbonyl (C=O) groups is 2. The molecule has 3 rings (SSSR count). The summed E-state index contributed by atoms with van der Waals surface area (Å²) in [5, 5.41) is 0.281. The molecule has 1 aliphatic rings. The Kier molecular flexibility index (Phi) is 3.69. The molecule has 118 valence electrons. The van der Waals surface area contributed by atoms with Gasteiger partial charge in [-0.15, -0.1) is 0 Å². The fraction of sp³-hybridized carbons (Fsp3) is 0.143. The van der Waals surface area contributed by atoms with Gasteiger partial charge in [0, 0.05) is 18.0 Å². The van der Waals surface area contributed by atoms with Crippen molar-refractivity contribution in [2.24, 2.45) is 0 Å². The van der Waals surface area contributed by atoms with Gasteiger partial charge in [-0.2, -0.15) is 8.78 Å². The van der Waals surface area contributed by atoms with Crippen LogP contribution in [0.5, 0.6) is 5.75 Å². The maximum Gasteiger partial charge on any atom is 0.482 e. The van der Waals surface area contributed by atoms with Gasteiger partial charge in [0.25, 0.3) is 0 Å². The molecule has 0 bridgehead atoms. The van der Waals surface area contributed by atoms with Gasteiger partial charge in [-0.3, -0.25) is 14.5 Å². The number of amides is 1. The summed E-state index contributed by atoms with van der Waals surface area (Å²) in [6.07, 6.45) is -0.960. The molecule has 1 aromatic carbocycles. The Balaban J connectivity index is 2.02. The van der Waals surface area contributed by atoms with Crippen LogP contribution < -0.4 is 9.64 Å². The number of anilines is 1. The number of nitrogens with zero attached hydrogens (tertiary/aromatic N) is 3. The standard InChI is InChI=1S/C14H8ClF2N3O3/c15-9-4-18-12(19-5-9)6-20-10-2-1-8(7-21)3-11(10)23-14(16,17)13(20)22/h1-5,7H,6H2. The topological polar surface area (TPSA) is 72.4 Å². The molecule has 1 amide bonds. The van der Waals surface area contributed by atoms with Crippen LogP contribution >= 0.6 is 11.6 Å². The molecule has 9 heteroatoms. The Bertz CT molecular complexity index is 783. The van der Waals surface area contributed by atoms with Gasteiger partial charge in [-0.1, -0.05) is 11.6 Å². The van der Waals surface area contributed by atoms with Crippen molar-refractivity contribution in [3.05, 3.63) is 47.0 Å². The largest absolute Gasteiger partial charge is 0.482 e. The van der Waals surface area contributed by atoms with Crippen molar-refractivity contribution in [2.75, 3.05) is 4.90 Å². The lowest BCUT2D eigenvalue weighted by Gasteiger charge is -2.33. The van der Waals surface area contributed by atoms with E-state index in [0.717, 1.165) is 11.0 Å². The first kappa shape index (κ1) is 15.3. The lowest BCUT2D eigenvalue weighted by Crippen LogP contribution is -2.50. The molecule has 23 heavy (non-hydrogen) atoms. The SMILES string of the molecule is O=Cc1ccc2c(c1)OC(F)(F)C(=O)N2Cc1ncc(Cl)cn1. The molecule has 1 aromatic heterocycles. The summed E-state index contributed by atoms with van der Waals surface area (Å²) in [5.74, 6) is -1.68. The summed E-state index contributed by atoms with van der Waals surface area (Å²) in [6, 6.07) is 3.88. The van der Waals surface area contributed by atoms with Crippen LogP contribution in [0.25, 0.3) is 0 Å². The van der Waals surface area contributed by atoms with Gasteiger partial charge in [-0.25, -0.2) is 9.97 Å². The first-order valence-corrected chi connectivity index (χ1v) is 6.73. The molecule has 0 N–H and O–H groups in total. The molecule has 0 saturated carbocycles. The van der Waals surface area contributed by atoms with Crippen LogP contribution in [0.4, 0.5) is 14.5 Å². The molecule has 0 radical (unpaired) electrons. The fourth-order valence-electron chi connectivity index (χ4n) is 2.08. The summed E-state index contributed by atoms with van der Waals surface area (Å²) < 4.78 is 31.9. The number of hydrogen-bond donors (Lipinski definition) is 0. The molecule has 0 spiro atoms. The molecule has 2 aromatic rings. The van der Waals surface area contributed by atoms with Gasteiger partial charge in [0.05, 0.1) is 17.3 Å². The first-order valence-electron chi connectivity index (χ1n) is 6.35. The number of carbonyl (C=O) groups excluding carboxylic acids is 2. The van der Waals surface area contributed by atoms with Crippen LogP contribution in [0, 0.1) is 0 Å². The zero-order valence-corrected chi connectivity index (χ0v) is 12.1. The van der Waals surface area contributed by atoms with Crippen LogP contribution in [0.15, 0.2) is 30.6 Å². The average molecular weight is 340 g/mol. The van der Waals surface area contributed by atoms with Crippen molar-refractivity contribution >= 4 is 29.5 Å². The normalized spacial score (nSPS) is 15.8. The number of fused-ring (bicyclic) bond motifs is 1.